The van der Waals surface area contributed by atoms with Crippen LogP contribution in [0.25, 0.3) is 0 Å². The zero-order chi connectivity index (χ0) is 17.4. The smallest absolute Gasteiger partial charge is 0.315 e. The van der Waals surface area contributed by atoms with Gasteiger partial charge < -0.3 is 10.6 Å². The van der Waals surface area contributed by atoms with Crippen LogP contribution in [0.1, 0.15) is 68.8 Å². The first kappa shape index (κ1) is 16.7. The maximum Gasteiger partial charge on any atom is 0.315 e. The summed E-state index contributed by atoms with van der Waals surface area (Å²) in [4.78, 5) is 15.5. The lowest BCUT2D eigenvalue weighted by Gasteiger charge is -2.41. The molecule has 0 aromatic carbocycles. The van der Waals surface area contributed by atoms with E-state index in [0.717, 1.165) is 38.0 Å². The van der Waals surface area contributed by atoms with Gasteiger partial charge in [-0.2, -0.15) is 9.89 Å². The highest BCUT2D eigenvalue weighted by Gasteiger charge is 2.38. The molecule has 138 valence electrons. The molecule has 3 heterocycles. The minimum absolute atomic E-state index is 0.318. The summed E-state index contributed by atoms with van der Waals surface area (Å²) in [5.74, 6) is 0. The second-order valence-electron chi connectivity index (χ2n) is 8.18. The summed E-state index contributed by atoms with van der Waals surface area (Å²) in [6, 6.07) is -0.318. The van der Waals surface area contributed by atoms with Crippen molar-refractivity contribution in [1.82, 2.24) is 14.8 Å². The Morgan fingerprint density at radius 1 is 1.16 bits per heavy atom. The van der Waals surface area contributed by atoms with Gasteiger partial charge in [-0.3, -0.25) is 5.01 Å². The number of hydrogen-bond acceptors (Lipinski definition) is 3. The summed E-state index contributed by atoms with van der Waals surface area (Å²) in [6.45, 7) is 5.73. The molecular formula is C19H31N5O. The maximum atomic E-state index is 11.6. The molecule has 2 fully saturated rings. The molecule has 1 aromatic heterocycles. The third-order valence-corrected chi connectivity index (χ3v) is 6.65. The Bertz CT molecular complexity index is 636. The van der Waals surface area contributed by atoms with Crippen LogP contribution in [0.4, 0.5) is 4.79 Å². The van der Waals surface area contributed by atoms with E-state index >= 15 is 0 Å². The predicted octanol–water partition coefficient (Wildman–Crippen LogP) is 2.56. The second-order valence-corrected chi connectivity index (χ2v) is 8.18. The van der Waals surface area contributed by atoms with Gasteiger partial charge in [0.1, 0.15) is 0 Å². The first-order valence-corrected chi connectivity index (χ1v) is 10.0. The average molecular weight is 345 g/mol. The number of nitrogens with two attached hydrogens (primary N) is 1. The molecule has 0 bridgehead atoms. The number of aromatic nitrogens is 2. The fourth-order valence-electron chi connectivity index (χ4n) is 5.11. The van der Waals surface area contributed by atoms with Crippen molar-refractivity contribution in [2.45, 2.75) is 71.3 Å². The maximum absolute atomic E-state index is 11.6. The van der Waals surface area contributed by atoms with E-state index in [1.165, 1.54) is 49.8 Å². The summed E-state index contributed by atoms with van der Waals surface area (Å²) < 4.78 is 0. The number of rotatable bonds is 3. The number of primary amides is 1. The summed E-state index contributed by atoms with van der Waals surface area (Å²) in [5.41, 5.74) is 9.85. The van der Waals surface area contributed by atoms with Crippen molar-refractivity contribution < 1.29 is 4.79 Å². The molecule has 1 aromatic rings. The number of hydrogen-bond donors (Lipinski definition) is 1. The minimum Gasteiger partial charge on any atom is -0.351 e. The van der Waals surface area contributed by atoms with E-state index in [2.05, 4.69) is 16.7 Å². The summed E-state index contributed by atoms with van der Waals surface area (Å²) in [5, 5.41) is 7.42. The summed E-state index contributed by atoms with van der Waals surface area (Å²) in [7, 11) is 0. The van der Waals surface area contributed by atoms with Crippen molar-refractivity contribution in [2.24, 2.45) is 11.1 Å². The summed E-state index contributed by atoms with van der Waals surface area (Å²) in [6.07, 6.45) is 11.2. The van der Waals surface area contributed by atoms with Gasteiger partial charge in [-0.15, -0.1) is 0 Å². The second kappa shape index (κ2) is 6.54. The quantitative estimate of drug-likeness (QED) is 0.915. The molecule has 25 heavy (non-hydrogen) atoms. The van der Waals surface area contributed by atoms with Gasteiger partial charge in [-0.1, -0.05) is 26.2 Å². The summed E-state index contributed by atoms with van der Waals surface area (Å²) >= 11 is 0. The van der Waals surface area contributed by atoms with E-state index in [0.29, 0.717) is 18.5 Å². The lowest BCUT2D eigenvalue weighted by molar-refractivity contribution is 0.196. The van der Waals surface area contributed by atoms with Crippen molar-refractivity contribution in [2.75, 3.05) is 24.6 Å². The number of amides is 2. The molecule has 2 aliphatic heterocycles. The van der Waals surface area contributed by atoms with Crippen LogP contribution in [0.2, 0.25) is 0 Å². The van der Waals surface area contributed by atoms with Gasteiger partial charge in [0.15, 0.2) is 0 Å². The molecule has 3 aliphatic rings. The van der Waals surface area contributed by atoms with Crippen LogP contribution in [0.15, 0.2) is 0 Å². The first-order chi connectivity index (χ1) is 12.1. The average Bonchev–Trinajstić information content (AvgIpc) is 3.21. The molecule has 2 N–H and O–H groups in total. The molecule has 6 nitrogen and oxygen atoms in total. The van der Waals surface area contributed by atoms with Gasteiger partial charge in [0.25, 0.3) is 0 Å². The number of aryl methyl sites for hydroxylation is 1. The zero-order valence-corrected chi connectivity index (χ0v) is 15.5. The van der Waals surface area contributed by atoms with E-state index in [4.69, 9.17) is 10.8 Å². The van der Waals surface area contributed by atoms with Crippen LogP contribution in [0, 0.1) is 5.41 Å². The SMILES string of the molecule is CCCc1nn(N2CCC3(CCCC3)CC2)c2c1CN(C(N)=O)CC2. The molecule has 1 saturated carbocycles. The van der Waals surface area contributed by atoms with Crippen LogP contribution >= 0.6 is 0 Å². The standard InChI is InChI=1S/C19H31N5O/c1-2-5-16-15-14-22(18(20)25)11-6-17(15)24(21-16)23-12-9-19(10-13-23)7-3-4-8-19/h2-14H2,1H3,(H2,20,25). The normalized spacial score (nSPS) is 22.4. The van der Waals surface area contributed by atoms with Crippen molar-refractivity contribution in [1.29, 1.82) is 0 Å². The predicted molar refractivity (Wildman–Crippen MR) is 98.0 cm³/mol. The molecular weight excluding hydrogens is 314 g/mol. The Morgan fingerprint density at radius 3 is 2.52 bits per heavy atom. The molecule has 1 aliphatic carbocycles. The number of nitrogens with zero attached hydrogens (tertiary/aromatic N) is 4. The minimum atomic E-state index is -0.318. The van der Waals surface area contributed by atoms with Crippen LogP contribution in [0.5, 0.6) is 0 Å². The molecule has 0 unspecified atom stereocenters. The number of urea groups is 1. The van der Waals surface area contributed by atoms with E-state index in [9.17, 15) is 4.79 Å². The number of carbonyl (C=O) groups excluding carboxylic acids is 1. The van der Waals surface area contributed by atoms with Crippen LogP contribution in [-0.2, 0) is 19.4 Å². The number of carbonyl (C=O) groups is 1. The third kappa shape index (κ3) is 3.00. The molecule has 0 radical (unpaired) electrons. The van der Waals surface area contributed by atoms with Gasteiger partial charge in [-0.05, 0) is 37.5 Å². The Morgan fingerprint density at radius 2 is 1.88 bits per heavy atom. The van der Waals surface area contributed by atoms with Crippen LogP contribution in [-0.4, -0.2) is 40.5 Å². The fraction of sp³-hybridized carbons (Fsp3) is 0.789. The molecule has 4 rings (SSSR count). The van der Waals surface area contributed by atoms with Gasteiger partial charge in [-0.25, -0.2) is 4.79 Å². The monoisotopic (exact) mass is 345 g/mol. The Hall–Kier alpha value is -1.72. The molecule has 0 atom stereocenters. The van der Waals surface area contributed by atoms with Crippen molar-refractivity contribution >= 4 is 6.03 Å². The number of fused-ring (bicyclic) bond motifs is 1. The largest absolute Gasteiger partial charge is 0.351 e. The molecule has 2 amide bonds. The lowest BCUT2D eigenvalue weighted by Crippen LogP contribution is -2.47. The Balaban J connectivity index is 1.56. The fourth-order valence-corrected chi connectivity index (χ4v) is 5.11. The van der Waals surface area contributed by atoms with Gasteiger partial charge in [0.05, 0.1) is 17.9 Å². The van der Waals surface area contributed by atoms with E-state index in [1.807, 2.05) is 0 Å². The molecule has 1 spiro atoms. The lowest BCUT2D eigenvalue weighted by atomic mass is 9.77. The van der Waals surface area contributed by atoms with Crippen molar-refractivity contribution in [3.63, 3.8) is 0 Å². The molecule has 6 heteroatoms. The zero-order valence-electron chi connectivity index (χ0n) is 15.5. The topological polar surface area (TPSA) is 67.4 Å². The first-order valence-electron chi connectivity index (χ1n) is 10.0. The third-order valence-electron chi connectivity index (χ3n) is 6.65. The highest BCUT2D eigenvalue weighted by Crippen LogP contribution is 2.46. The van der Waals surface area contributed by atoms with E-state index < -0.39 is 0 Å². The highest BCUT2D eigenvalue weighted by molar-refractivity contribution is 5.72. The van der Waals surface area contributed by atoms with Gasteiger partial charge >= 0.3 is 6.03 Å². The van der Waals surface area contributed by atoms with Crippen LogP contribution < -0.4 is 10.7 Å². The van der Waals surface area contributed by atoms with Crippen LogP contribution in [0.3, 0.4) is 0 Å². The van der Waals surface area contributed by atoms with Gasteiger partial charge in [0, 0.05) is 31.6 Å². The van der Waals surface area contributed by atoms with Crippen molar-refractivity contribution in [3.8, 4) is 0 Å². The van der Waals surface area contributed by atoms with E-state index in [1.54, 1.807) is 4.90 Å². The molecule has 1 saturated heterocycles. The van der Waals surface area contributed by atoms with Crippen molar-refractivity contribution in [3.05, 3.63) is 17.0 Å². The Labute approximate surface area is 150 Å². The van der Waals surface area contributed by atoms with E-state index in [-0.39, 0.29) is 6.03 Å². The van der Waals surface area contributed by atoms with Gasteiger partial charge in [0.2, 0.25) is 0 Å². The Kier molecular flexibility index (Phi) is 4.38. The number of piperidine rings is 1. The highest BCUT2D eigenvalue weighted by atomic mass is 16.2.